The number of nitrogens with zero attached hydrogens (tertiary/aromatic N) is 4. The maximum atomic E-state index is 12.2. The van der Waals surface area contributed by atoms with Crippen molar-refractivity contribution in [2.45, 2.75) is 26.9 Å². The lowest BCUT2D eigenvalue weighted by Crippen LogP contribution is -2.26. The third-order valence-electron chi connectivity index (χ3n) is 3.52. The van der Waals surface area contributed by atoms with Crippen LogP contribution in [0.15, 0.2) is 35.1 Å². The average molecular weight is 388 g/mol. The molecule has 0 bridgehead atoms. The number of rotatable bonds is 7. The number of carbonyl (C=O) groups excluding carboxylic acids is 1. The standard InChI is InChI=1S/C18H18ClN5O3/c1-11-5-12(2)23-17(22-11)3-4-21-18(25)16-7-15(27-24-16)10-26-14-6-13(19)8-20-9-14/h5-9H,3-4,10H2,1-2H3,(H,21,25). The molecule has 27 heavy (non-hydrogen) atoms. The summed E-state index contributed by atoms with van der Waals surface area (Å²) >= 11 is 5.84. The Morgan fingerprint density at radius 2 is 1.96 bits per heavy atom. The highest BCUT2D eigenvalue weighted by Crippen LogP contribution is 2.16. The number of hydrogen-bond donors (Lipinski definition) is 1. The van der Waals surface area contributed by atoms with Crippen LogP contribution in [0.4, 0.5) is 0 Å². The van der Waals surface area contributed by atoms with Crippen LogP contribution in [0.25, 0.3) is 0 Å². The molecule has 0 spiro atoms. The summed E-state index contributed by atoms with van der Waals surface area (Å²) in [5, 5.41) is 7.00. The molecule has 0 aromatic carbocycles. The summed E-state index contributed by atoms with van der Waals surface area (Å²) in [7, 11) is 0. The van der Waals surface area contributed by atoms with Crippen molar-refractivity contribution in [2.24, 2.45) is 0 Å². The smallest absolute Gasteiger partial charge is 0.273 e. The van der Waals surface area contributed by atoms with Gasteiger partial charge in [0.1, 0.15) is 18.2 Å². The lowest BCUT2D eigenvalue weighted by molar-refractivity contribution is 0.0944. The minimum atomic E-state index is -0.334. The predicted molar refractivity (Wildman–Crippen MR) is 97.6 cm³/mol. The summed E-state index contributed by atoms with van der Waals surface area (Å²) < 4.78 is 10.6. The second kappa shape index (κ2) is 8.59. The van der Waals surface area contributed by atoms with Crippen molar-refractivity contribution in [1.82, 2.24) is 25.4 Å². The molecule has 0 aliphatic carbocycles. The Bertz CT molecular complexity index is 924. The summed E-state index contributed by atoms with van der Waals surface area (Å²) in [5.41, 5.74) is 1.99. The molecule has 0 radical (unpaired) electrons. The summed E-state index contributed by atoms with van der Waals surface area (Å²) in [4.78, 5) is 24.8. The van der Waals surface area contributed by atoms with Crippen LogP contribution in [-0.4, -0.2) is 32.6 Å². The van der Waals surface area contributed by atoms with E-state index in [0.29, 0.717) is 35.3 Å². The van der Waals surface area contributed by atoms with Gasteiger partial charge in [0.2, 0.25) is 0 Å². The van der Waals surface area contributed by atoms with Crippen LogP contribution in [0.3, 0.4) is 0 Å². The molecule has 0 aliphatic rings. The number of carbonyl (C=O) groups is 1. The lowest BCUT2D eigenvalue weighted by Gasteiger charge is -2.04. The van der Waals surface area contributed by atoms with Crippen LogP contribution in [0.1, 0.15) is 33.5 Å². The van der Waals surface area contributed by atoms with E-state index in [1.54, 1.807) is 6.07 Å². The fourth-order valence-electron chi connectivity index (χ4n) is 2.40. The van der Waals surface area contributed by atoms with Crippen LogP contribution in [0, 0.1) is 13.8 Å². The van der Waals surface area contributed by atoms with Gasteiger partial charge in [-0.05, 0) is 19.9 Å². The fraction of sp³-hybridized carbons (Fsp3) is 0.278. The minimum absolute atomic E-state index is 0.110. The first-order chi connectivity index (χ1) is 13.0. The fourth-order valence-corrected chi connectivity index (χ4v) is 2.57. The van der Waals surface area contributed by atoms with Crippen molar-refractivity contribution >= 4 is 17.5 Å². The SMILES string of the molecule is Cc1cc(C)nc(CCNC(=O)c2cc(COc3cncc(Cl)c3)on2)n1. The van der Waals surface area contributed by atoms with Gasteiger partial charge in [0.15, 0.2) is 11.5 Å². The van der Waals surface area contributed by atoms with Gasteiger partial charge in [-0.15, -0.1) is 0 Å². The third kappa shape index (κ3) is 5.49. The Kier molecular flexibility index (Phi) is 5.97. The summed E-state index contributed by atoms with van der Waals surface area (Å²) in [6, 6.07) is 5.06. The average Bonchev–Trinajstić information content (AvgIpc) is 3.08. The van der Waals surface area contributed by atoms with Gasteiger partial charge in [-0.25, -0.2) is 9.97 Å². The van der Waals surface area contributed by atoms with E-state index in [9.17, 15) is 4.79 Å². The largest absolute Gasteiger partial charge is 0.484 e. The zero-order chi connectivity index (χ0) is 19.2. The van der Waals surface area contributed by atoms with Crippen molar-refractivity contribution in [3.63, 3.8) is 0 Å². The highest BCUT2D eigenvalue weighted by molar-refractivity contribution is 6.30. The Morgan fingerprint density at radius 3 is 2.70 bits per heavy atom. The van der Waals surface area contributed by atoms with Gasteiger partial charge in [-0.1, -0.05) is 16.8 Å². The highest BCUT2D eigenvalue weighted by atomic mass is 35.5. The van der Waals surface area contributed by atoms with E-state index in [1.165, 1.54) is 18.5 Å². The summed E-state index contributed by atoms with van der Waals surface area (Å²) in [6.07, 6.45) is 3.57. The molecule has 1 amide bonds. The van der Waals surface area contributed by atoms with Gasteiger partial charge in [0.25, 0.3) is 5.91 Å². The van der Waals surface area contributed by atoms with Gasteiger partial charge in [0, 0.05) is 42.7 Å². The Morgan fingerprint density at radius 1 is 1.19 bits per heavy atom. The van der Waals surface area contributed by atoms with Gasteiger partial charge in [-0.3, -0.25) is 9.78 Å². The molecule has 3 heterocycles. The van der Waals surface area contributed by atoms with E-state index in [1.807, 2.05) is 19.9 Å². The van der Waals surface area contributed by atoms with E-state index in [0.717, 1.165) is 11.4 Å². The normalized spacial score (nSPS) is 10.6. The third-order valence-corrected chi connectivity index (χ3v) is 3.72. The summed E-state index contributed by atoms with van der Waals surface area (Å²) in [6.45, 7) is 4.33. The number of amides is 1. The maximum absolute atomic E-state index is 12.2. The molecule has 3 rings (SSSR count). The van der Waals surface area contributed by atoms with E-state index < -0.39 is 0 Å². The molecule has 0 saturated carbocycles. The van der Waals surface area contributed by atoms with Crippen LogP contribution in [0.2, 0.25) is 5.02 Å². The van der Waals surface area contributed by atoms with Crippen molar-refractivity contribution in [1.29, 1.82) is 0 Å². The zero-order valence-electron chi connectivity index (χ0n) is 14.9. The van der Waals surface area contributed by atoms with Gasteiger partial charge < -0.3 is 14.6 Å². The number of nitrogens with one attached hydrogen (secondary N) is 1. The van der Waals surface area contributed by atoms with Crippen molar-refractivity contribution < 1.29 is 14.1 Å². The first-order valence-electron chi connectivity index (χ1n) is 8.28. The Hall–Kier alpha value is -3.00. The molecule has 8 nitrogen and oxygen atoms in total. The molecular formula is C18H18ClN5O3. The van der Waals surface area contributed by atoms with Crippen LogP contribution < -0.4 is 10.1 Å². The van der Waals surface area contributed by atoms with Crippen LogP contribution in [-0.2, 0) is 13.0 Å². The van der Waals surface area contributed by atoms with Crippen LogP contribution >= 0.6 is 11.6 Å². The Labute approximate surface area is 160 Å². The van der Waals surface area contributed by atoms with Gasteiger partial charge in [0.05, 0.1) is 11.2 Å². The molecule has 9 heteroatoms. The summed E-state index contributed by atoms with van der Waals surface area (Å²) in [5.74, 6) is 1.27. The minimum Gasteiger partial charge on any atom is -0.484 e. The highest BCUT2D eigenvalue weighted by Gasteiger charge is 2.13. The van der Waals surface area contributed by atoms with E-state index in [4.69, 9.17) is 20.9 Å². The second-order valence-electron chi connectivity index (χ2n) is 5.88. The molecule has 3 aromatic heterocycles. The quantitative estimate of drug-likeness (QED) is 0.664. The second-order valence-corrected chi connectivity index (χ2v) is 6.32. The Balaban J connectivity index is 1.49. The number of halogens is 1. The molecule has 140 valence electrons. The molecule has 3 aromatic rings. The first kappa shape index (κ1) is 18.8. The van der Waals surface area contributed by atoms with Crippen molar-refractivity contribution in [3.05, 3.63) is 64.3 Å². The molecule has 1 N–H and O–H groups in total. The van der Waals surface area contributed by atoms with Gasteiger partial charge >= 0.3 is 0 Å². The monoisotopic (exact) mass is 387 g/mol. The van der Waals surface area contributed by atoms with E-state index >= 15 is 0 Å². The lowest BCUT2D eigenvalue weighted by atomic mass is 10.3. The zero-order valence-corrected chi connectivity index (χ0v) is 15.7. The van der Waals surface area contributed by atoms with Crippen molar-refractivity contribution in [3.8, 4) is 5.75 Å². The number of hydrogen-bond acceptors (Lipinski definition) is 7. The molecule has 0 atom stereocenters. The molecule has 0 saturated heterocycles. The topological polar surface area (TPSA) is 103 Å². The number of ether oxygens (including phenoxy) is 1. The van der Waals surface area contributed by atoms with E-state index in [2.05, 4.69) is 25.4 Å². The molecule has 0 aliphatic heterocycles. The van der Waals surface area contributed by atoms with Gasteiger partial charge in [-0.2, -0.15) is 0 Å². The molecule has 0 fully saturated rings. The van der Waals surface area contributed by atoms with Crippen LogP contribution in [0.5, 0.6) is 5.75 Å². The predicted octanol–water partition coefficient (Wildman–Crippen LogP) is 2.68. The molecule has 0 unspecified atom stereocenters. The number of aromatic nitrogens is 4. The van der Waals surface area contributed by atoms with Crippen molar-refractivity contribution in [2.75, 3.05) is 6.54 Å². The first-order valence-corrected chi connectivity index (χ1v) is 8.66. The van der Waals surface area contributed by atoms with E-state index in [-0.39, 0.29) is 18.2 Å². The molecular weight excluding hydrogens is 370 g/mol. The number of pyridine rings is 1. The number of aryl methyl sites for hydroxylation is 2. The maximum Gasteiger partial charge on any atom is 0.273 e.